The van der Waals surface area contributed by atoms with Gasteiger partial charge in [0.05, 0.1) is 5.69 Å². The highest BCUT2D eigenvalue weighted by atomic mass is 32.1. The molecule has 1 unspecified atom stereocenters. The summed E-state index contributed by atoms with van der Waals surface area (Å²) in [6.07, 6.45) is 4.97. The standard InChI is InChI=1S/C15H13NO3S/c1-15(10-18-14(17)19-15)7-5-13-11(6-9-20-13)12-4-2-3-8-16-12/h2-9H,10H2,1H3/b7-5+. The fourth-order valence-corrected chi connectivity index (χ4v) is 2.77. The zero-order valence-corrected chi connectivity index (χ0v) is 11.7. The highest BCUT2D eigenvalue weighted by molar-refractivity contribution is 7.11. The van der Waals surface area contributed by atoms with Gasteiger partial charge < -0.3 is 9.47 Å². The minimum Gasteiger partial charge on any atom is -0.430 e. The van der Waals surface area contributed by atoms with Crippen molar-refractivity contribution in [2.45, 2.75) is 12.5 Å². The van der Waals surface area contributed by atoms with E-state index in [1.165, 1.54) is 0 Å². The molecule has 20 heavy (non-hydrogen) atoms. The van der Waals surface area contributed by atoms with Crippen LogP contribution in [0.25, 0.3) is 17.3 Å². The largest absolute Gasteiger partial charge is 0.509 e. The molecule has 0 aromatic carbocycles. The van der Waals surface area contributed by atoms with Gasteiger partial charge in [-0.3, -0.25) is 4.98 Å². The Labute approximate surface area is 120 Å². The Morgan fingerprint density at radius 2 is 2.30 bits per heavy atom. The number of thiophene rings is 1. The second-order valence-corrected chi connectivity index (χ2v) is 5.65. The number of hydrogen-bond acceptors (Lipinski definition) is 5. The Bertz CT molecular complexity index is 650. The Balaban J connectivity index is 1.86. The summed E-state index contributed by atoms with van der Waals surface area (Å²) in [6, 6.07) is 7.86. The van der Waals surface area contributed by atoms with Crippen LogP contribution in [0, 0.1) is 0 Å². The van der Waals surface area contributed by atoms with Crippen LogP contribution in [0.2, 0.25) is 0 Å². The molecule has 5 heteroatoms. The van der Waals surface area contributed by atoms with Crippen LogP contribution in [0.5, 0.6) is 0 Å². The molecule has 0 spiro atoms. The molecule has 0 amide bonds. The van der Waals surface area contributed by atoms with Crippen LogP contribution in [0.3, 0.4) is 0 Å². The number of hydrogen-bond donors (Lipinski definition) is 0. The lowest BCUT2D eigenvalue weighted by molar-refractivity contribution is 0.0995. The molecule has 2 aromatic rings. The van der Waals surface area contributed by atoms with Crippen LogP contribution < -0.4 is 0 Å². The zero-order chi connectivity index (χ0) is 14.0. The Hall–Kier alpha value is -2.14. The average molecular weight is 287 g/mol. The van der Waals surface area contributed by atoms with E-state index < -0.39 is 11.8 Å². The summed E-state index contributed by atoms with van der Waals surface area (Å²) in [6.45, 7) is 2.06. The molecule has 0 aliphatic carbocycles. The highest BCUT2D eigenvalue weighted by Crippen LogP contribution is 2.30. The minimum absolute atomic E-state index is 0.243. The number of carbonyl (C=O) groups excluding carboxylic acids is 1. The van der Waals surface area contributed by atoms with Gasteiger partial charge in [-0.15, -0.1) is 11.3 Å². The van der Waals surface area contributed by atoms with Crippen LogP contribution in [-0.4, -0.2) is 23.3 Å². The van der Waals surface area contributed by atoms with Crippen molar-refractivity contribution in [3.05, 3.63) is 46.8 Å². The lowest BCUT2D eigenvalue weighted by Crippen LogP contribution is -2.23. The van der Waals surface area contributed by atoms with Gasteiger partial charge in [0.25, 0.3) is 0 Å². The third-order valence-electron chi connectivity index (χ3n) is 3.02. The number of rotatable bonds is 3. The summed E-state index contributed by atoms with van der Waals surface area (Å²) < 4.78 is 9.97. The second-order valence-electron chi connectivity index (χ2n) is 4.70. The van der Waals surface area contributed by atoms with E-state index in [9.17, 15) is 4.79 Å². The van der Waals surface area contributed by atoms with E-state index in [-0.39, 0.29) is 6.61 Å². The SMILES string of the molecule is CC1(/C=C/c2sccc2-c2ccccn2)COC(=O)O1. The number of carbonyl (C=O) groups is 1. The summed E-state index contributed by atoms with van der Waals surface area (Å²) in [4.78, 5) is 16.5. The van der Waals surface area contributed by atoms with Gasteiger partial charge in [0.15, 0.2) is 5.60 Å². The fourth-order valence-electron chi connectivity index (χ4n) is 1.97. The molecule has 1 aliphatic rings. The topological polar surface area (TPSA) is 48.4 Å². The van der Waals surface area contributed by atoms with Crippen molar-refractivity contribution in [2.75, 3.05) is 6.61 Å². The summed E-state index contributed by atoms with van der Waals surface area (Å²) >= 11 is 1.62. The van der Waals surface area contributed by atoms with E-state index in [1.807, 2.05) is 48.7 Å². The summed E-state index contributed by atoms with van der Waals surface area (Å²) in [5.41, 5.74) is 1.31. The maximum atomic E-state index is 11.0. The van der Waals surface area contributed by atoms with Crippen molar-refractivity contribution in [2.24, 2.45) is 0 Å². The van der Waals surface area contributed by atoms with Gasteiger partial charge in [0.2, 0.25) is 0 Å². The molecule has 2 aromatic heterocycles. The van der Waals surface area contributed by atoms with Crippen LogP contribution >= 0.6 is 11.3 Å². The molecule has 4 nitrogen and oxygen atoms in total. The van der Waals surface area contributed by atoms with E-state index >= 15 is 0 Å². The first-order valence-corrected chi connectivity index (χ1v) is 7.08. The van der Waals surface area contributed by atoms with Crippen LogP contribution in [0.15, 0.2) is 41.9 Å². The first-order chi connectivity index (χ1) is 9.66. The quantitative estimate of drug-likeness (QED) is 0.807. The molecule has 1 atom stereocenters. The number of cyclic esters (lactones) is 2. The number of ether oxygens (including phenoxy) is 2. The minimum atomic E-state index is -0.692. The predicted octanol–water partition coefficient (Wildman–Crippen LogP) is 3.75. The number of pyridine rings is 1. The molecule has 0 saturated carbocycles. The Morgan fingerprint density at radius 1 is 1.40 bits per heavy atom. The molecule has 0 N–H and O–H groups in total. The first-order valence-electron chi connectivity index (χ1n) is 6.20. The van der Waals surface area contributed by atoms with Gasteiger partial charge in [-0.2, -0.15) is 0 Å². The van der Waals surface area contributed by atoms with Gasteiger partial charge in [-0.1, -0.05) is 6.07 Å². The molecular weight excluding hydrogens is 274 g/mol. The van der Waals surface area contributed by atoms with E-state index in [4.69, 9.17) is 9.47 Å². The van der Waals surface area contributed by atoms with E-state index in [2.05, 4.69) is 4.98 Å². The molecule has 3 rings (SSSR count). The average Bonchev–Trinajstić information content (AvgIpc) is 3.05. The maximum Gasteiger partial charge on any atom is 0.509 e. The van der Waals surface area contributed by atoms with Crippen molar-refractivity contribution in [3.63, 3.8) is 0 Å². The maximum absolute atomic E-state index is 11.0. The van der Waals surface area contributed by atoms with E-state index in [1.54, 1.807) is 17.5 Å². The first kappa shape index (κ1) is 12.9. The summed E-state index contributed by atoms with van der Waals surface area (Å²) in [5.74, 6) is 0. The molecule has 0 bridgehead atoms. The van der Waals surface area contributed by atoms with Gasteiger partial charge in [0, 0.05) is 16.6 Å². The van der Waals surface area contributed by atoms with Gasteiger partial charge in [-0.05, 0) is 42.7 Å². The fraction of sp³-hybridized carbons (Fsp3) is 0.200. The highest BCUT2D eigenvalue weighted by Gasteiger charge is 2.35. The van der Waals surface area contributed by atoms with Crippen LogP contribution in [0.1, 0.15) is 11.8 Å². The van der Waals surface area contributed by atoms with Gasteiger partial charge >= 0.3 is 6.16 Å². The monoisotopic (exact) mass is 287 g/mol. The number of nitrogens with zero attached hydrogens (tertiary/aromatic N) is 1. The van der Waals surface area contributed by atoms with E-state index in [0.29, 0.717) is 0 Å². The molecule has 1 aliphatic heterocycles. The zero-order valence-electron chi connectivity index (χ0n) is 10.9. The van der Waals surface area contributed by atoms with Crippen molar-refractivity contribution in [1.29, 1.82) is 0 Å². The van der Waals surface area contributed by atoms with Crippen molar-refractivity contribution >= 4 is 23.6 Å². The summed E-state index contributed by atoms with van der Waals surface area (Å²) in [7, 11) is 0. The molecular formula is C15H13NO3S. The van der Waals surface area contributed by atoms with Gasteiger partial charge in [0.1, 0.15) is 6.61 Å². The third-order valence-corrected chi connectivity index (χ3v) is 3.90. The van der Waals surface area contributed by atoms with E-state index in [0.717, 1.165) is 16.1 Å². The molecule has 0 radical (unpaired) electrons. The lowest BCUT2D eigenvalue weighted by atomic mass is 10.1. The van der Waals surface area contributed by atoms with Gasteiger partial charge in [-0.25, -0.2) is 4.79 Å². The lowest BCUT2D eigenvalue weighted by Gasteiger charge is -2.13. The predicted molar refractivity (Wildman–Crippen MR) is 77.4 cm³/mol. The normalized spacial score (nSPS) is 21.9. The van der Waals surface area contributed by atoms with Crippen molar-refractivity contribution < 1.29 is 14.3 Å². The van der Waals surface area contributed by atoms with Crippen molar-refractivity contribution in [1.82, 2.24) is 4.98 Å². The smallest absolute Gasteiger partial charge is 0.430 e. The molecule has 102 valence electrons. The second kappa shape index (κ2) is 5.09. The third kappa shape index (κ3) is 2.58. The Kier molecular flexibility index (Phi) is 3.28. The number of aromatic nitrogens is 1. The molecule has 1 saturated heterocycles. The molecule has 3 heterocycles. The van der Waals surface area contributed by atoms with Crippen LogP contribution in [-0.2, 0) is 9.47 Å². The van der Waals surface area contributed by atoms with Crippen molar-refractivity contribution in [3.8, 4) is 11.3 Å². The summed E-state index contributed by atoms with van der Waals surface area (Å²) in [5, 5.41) is 2.02. The Morgan fingerprint density at radius 3 is 3.00 bits per heavy atom. The molecule has 1 fully saturated rings. The van der Waals surface area contributed by atoms with Crippen LogP contribution in [0.4, 0.5) is 4.79 Å².